The minimum atomic E-state index is -0.476. The summed E-state index contributed by atoms with van der Waals surface area (Å²) in [6.07, 6.45) is 5.94. The normalized spacial score (nSPS) is 18.2. The number of nitrogens with one attached hydrogen (secondary N) is 1. The minimum Gasteiger partial charge on any atom is -0.394 e. The molecule has 2 unspecified atom stereocenters. The van der Waals surface area contributed by atoms with E-state index in [1.54, 1.807) is 30.5 Å². The third-order valence-corrected chi connectivity index (χ3v) is 5.94. The molecule has 174 valence electrons. The van der Waals surface area contributed by atoms with Crippen LogP contribution in [0.4, 0.5) is 16.0 Å². The number of pyridine rings is 1. The third kappa shape index (κ3) is 4.20. The van der Waals surface area contributed by atoms with Gasteiger partial charge in [-0.3, -0.25) is 9.20 Å². The topological polar surface area (TPSA) is 128 Å². The van der Waals surface area contributed by atoms with Crippen LogP contribution in [-0.2, 0) is 4.74 Å². The molecule has 1 amide bonds. The Morgan fingerprint density at radius 3 is 2.71 bits per heavy atom. The van der Waals surface area contributed by atoms with Crippen molar-refractivity contribution in [3.05, 3.63) is 72.2 Å². The number of aliphatic hydroxyl groups excluding tert-OH is 1. The van der Waals surface area contributed by atoms with Gasteiger partial charge in [0.2, 0.25) is 0 Å². The Labute approximate surface area is 194 Å². The van der Waals surface area contributed by atoms with Crippen LogP contribution >= 0.6 is 0 Å². The van der Waals surface area contributed by atoms with Gasteiger partial charge in [0.15, 0.2) is 0 Å². The molecule has 3 aromatic heterocycles. The number of aliphatic hydroxyl groups is 1. The van der Waals surface area contributed by atoms with Crippen molar-refractivity contribution in [2.45, 2.75) is 24.9 Å². The van der Waals surface area contributed by atoms with Gasteiger partial charge in [0.1, 0.15) is 34.5 Å². The molecule has 5 rings (SSSR count). The van der Waals surface area contributed by atoms with Crippen LogP contribution in [0.2, 0.25) is 0 Å². The average molecular weight is 462 g/mol. The van der Waals surface area contributed by atoms with Crippen molar-refractivity contribution < 1.29 is 19.0 Å². The van der Waals surface area contributed by atoms with Gasteiger partial charge in [-0.2, -0.15) is 0 Å². The highest BCUT2D eigenvalue weighted by molar-refractivity contribution is 6.04. The van der Waals surface area contributed by atoms with Crippen molar-refractivity contribution in [1.82, 2.24) is 19.4 Å². The Morgan fingerprint density at radius 2 is 2.03 bits per heavy atom. The molecule has 1 aliphatic heterocycles. The summed E-state index contributed by atoms with van der Waals surface area (Å²) in [6.45, 7) is 0.469. The van der Waals surface area contributed by atoms with E-state index in [1.165, 1.54) is 12.1 Å². The fourth-order valence-electron chi connectivity index (χ4n) is 4.15. The maximum Gasteiger partial charge on any atom is 0.256 e. The van der Waals surface area contributed by atoms with Crippen molar-refractivity contribution in [2.75, 3.05) is 24.3 Å². The molecule has 4 N–H and O–H groups in total. The van der Waals surface area contributed by atoms with Gasteiger partial charge >= 0.3 is 0 Å². The third-order valence-electron chi connectivity index (χ3n) is 5.94. The number of benzene rings is 1. The van der Waals surface area contributed by atoms with Crippen LogP contribution in [0.1, 0.15) is 34.9 Å². The predicted molar refractivity (Wildman–Crippen MR) is 124 cm³/mol. The highest BCUT2D eigenvalue weighted by Gasteiger charge is 2.27. The summed E-state index contributed by atoms with van der Waals surface area (Å²) in [4.78, 5) is 25.5. The number of carbonyl (C=O) groups is 1. The Kier molecular flexibility index (Phi) is 5.91. The summed E-state index contributed by atoms with van der Waals surface area (Å²) in [6, 6.07) is 9.58. The molecule has 0 bridgehead atoms. The zero-order chi connectivity index (χ0) is 23.7. The summed E-state index contributed by atoms with van der Waals surface area (Å²) in [5.41, 5.74) is 8.77. The number of ether oxygens (including phenoxy) is 1. The summed E-state index contributed by atoms with van der Waals surface area (Å²) < 4.78 is 20.7. The van der Waals surface area contributed by atoms with Gasteiger partial charge < -0.3 is 20.9 Å². The van der Waals surface area contributed by atoms with Gasteiger partial charge in [0.25, 0.3) is 5.91 Å². The number of amides is 1. The molecule has 4 aromatic rings. The summed E-state index contributed by atoms with van der Waals surface area (Å²) in [7, 11) is 0. The highest BCUT2D eigenvalue weighted by atomic mass is 19.1. The van der Waals surface area contributed by atoms with E-state index < -0.39 is 5.82 Å². The molecule has 0 saturated carbocycles. The quantitative estimate of drug-likeness (QED) is 0.416. The lowest BCUT2D eigenvalue weighted by Crippen LogP contribution is -2.28. The van der Waals surface area contributed by atoms with E-state index in [1.807, 2.05) is 10.6 Å². The van der Waals surface area contributed by atoms with Crippen LogP contribution in [0.15, 0.2) is 55.0 Å². The van der Waals surface area contributed by atoms with Gasteiger partial charge in [-0.25, -0.2) is 19.3 Å². The fraction of sp³-hybridized carbons (Fsp3) is 0.250. The van der Waals surface area contributed by atoms with Gasteiger partial charge in [0.05, 0.1) is 25.5 Å². The van der Waals surface area contributed by atoms with Crippen LogP contribution in [0, 0.1) is 5.82 Å². The molecule has 0 aliphatic carbocycles. The lowest BCUT2D eigenvalue weighted by molar-refractivity contribution is -0.0282. The van der Waals surface area contributed by atoms with Crippen molar-refractivity contribution in [2.24, 2.45) is 0 Å². The summed E-state index contributed by atoms with van der Waals surface area (Å²) >= 11 is 0. The number of nitrogens with zero attached hydrogens (tertiary/aromatic N) is 4. The standard InChI is InChI=1S/C24H23FN6O3/c25-17-6-8-19(28-11-17)29-24(33)15-3-1-14(2-4-15)20-21-22(26)27-9-10-31(21)23(30-20)16-5-7-18(12-32)34-13-16/h1-4,6,8-11,16,18,32H,5,7,12-13H2,(H2,26,27)(H,28,29,33). The summed E-state index contributed by atoms with van der Waals surface area (Å²) in [5.74, 6) is 0.650. The monoisotopic (exact) mass is 462 g/mol. The smallest absolute Gasteiger partial charge is 0.256 e. The van der Waals surface area contributed by atoms with E-state index in [-0.39, 0.29) is 30.4 Å². The second-order valence-electron chi connectivity index (χ2n) is 8.16. The molecule has 10 heteroatoms. The number of anilines is 2. The first-order valence-electron chi connectivity index (χ1n) is 10.9. The maximum absolute atomic E-state index is 13.0. The van der Waals surface area contributed by atoms with E-state index in [0.29, 0.717) is 29.2 Å². The van der Waals surface area contributed by atoms with E-state index >= 15 is 0 Å². The van der Waals surface area contributed by atoms with Gasteiger partial charge in [0, 0.05) is 29.4 Å². The van der Waals surface area contributed by atoms with Crippen molar-refractivity contribution in [1.29, 1.82) is 0 Å². The molecule has 0 radical (unpaired) electrons. The SMILES string of the molecule is Nc1nccn2c(C3CCC(CO)OC3)nc(-c3ccc(C(=O)Nc4ccc(F)cn4)cc3)c12. The van der Waals surface area contributed by atoms with Crippen molar-refractivity contribution in [3.63, 3.8) is 0 Å². The first kappa shape index (κ1) is 21.9. The number of nitrogen functional groups attached to an aromatic ring is 1. The van der Waals surface area contributed by atoms with Crippen LogP contribution in [-0.4, -0.2) is 49.7 Å². The Hall–Kier alpha value is -3.89. The van der Waals surface area contributed by atoms with Crippen molar-refractivity contribution >= 4 is 23.1 Å². The zero-order valence-corrected chi connectivity index (χ0v) is 18.2. The molecule has 9 nitrogen and oxygen atoms in total. The number of rotatable bonds is 5. The largest absolute Gasteiger partial charge is 0.394 e. The number of fused-ring (bicyclic) bond motifs is 1. The Morgan fingerprint density at radius 1 is 1.21 bits per heavy atom. The molecule has 1 aliphatic rings. The lowest BCUT2D eigenvalue weighted by atomic mass is 9.98. The molecule has 1 fully saturated rings. The summed E-state index contributed by atoms with van der Waals surface area (Å²) in [5, 5.41) is 12.0. The number of imidazole rings is 1. The van der Waals surface area contributed by atoms with E-state index in [0.717, 1.165) is 30.4 Å². The molecule has 2 atom stereocenters. The predicted octanol–water partition coefficient (Wildman–Crippen LogP) is 3.02. The Bertz CT molecular complexity index is 1320. The second-order valence-corrected chi connectivity index (χ2v) is 8.16. The molecular formula is C24H23FN6O3. The van der Waals surface area contributed by atoms with Gasteiger partial charge in [-0.15, -0.1) is 0 Å². The minimum absolute atomic E-state index is 0.00825. The number of carbonyl (C=O) groups excluding carboxylic acids is 1. The van der Waals surface area contributed by atoms with E-state index in [4.69, 9.17) is 15.5 Å². The average Bonchev–Trinajstić information content (AvgIpc) is 3.26. The zero-order valence-electron chi connectivity index (χ0n) is 18.2. The number of nitrogens with two attached hydrogens (primary N) is 1. The lowest BCUT2D eigenvalue weighted by Gasteiger charge is -2.27. The van der Waals surface area contributed by atoms with Crippen LogP contribution < -0.4 is 11.1 Å². The number of aromatic nitrogens is 4. The molecular weight excluding hydrogens is 439 g/mol. The molecule has 0 spiro atoms. The Balaban J connectivity index is 1.44. The fourth-order valence-corrected chi connectivity index (χ4v) is 4.15. The molecule has 1 saturated heterocycles. The van der Waals surface area contributed by atoms with Gasteiger partial charge in [-0.1, -0.05) is 12.1 Å². The van der Waals surface area contributed by atoms with E-state index in [2.05, 4.69) is 15.3 Å². The van der Waals surface area contributed by atoms with Crippen LogP contribution in [0.3, 0.4) is 0 Å². The second kappa shape index (κ2) is 9.16. The van der Waals surface area contributed by atoms with Crippen LogP contribution in [0.5, 0.6) is 0 Å². The molecule has 1 aromatic carbocycles. The molecule has 34 heavy (non-hydrogen) atoms. The van der Waals surface area contributed by atoms with Gasteiger partial charge in [-0.05, 0) is 37.1 Å². The first-order chi connectivity index (χ1) is 16.5. The van der Waals surface area contributed by atoms with Crippen LogP contribution in [0.25, 0.3) is 16.8 Å². The first-order valence-corrected chi connectivity index (χ1v) is 10.9. The van der Waals surface area contributed by atoms with Crippen molar-refractivity contribution in [3.8, 4) is 11.3 Å². The highest BCUT2D eigenvalue weighted by Crippen LogP contribution is 2.34. The number of hydrogen-bond donors (Lipinski definition) is 3. The van der Waals surface area contributed by atoms with E-state index in [9.17, 15) is 14.3 Å². The maximum atomic E-state index is 13.0. The molecule has 4 heterocycles. The number of hydrogen-bond acceptors (Lipinski definition) is 7. The number of halogens is 1.